The molecule has 0 aromatic carbocycles. The second-order valence-corrected chi connectivity index (χ2v) is 9.56. The smallest absolute Gasteiger partial charge is 0.186 e. The minimum Gasteiger partial charge on any atom is -0.388 e. The van der Waals surface area contributed by atoms with Gasteiger partial charge in [-0.15, -0.1) is 0 Å². The number of hydrogen-bond donors (Lipinski definition) is 9. The van der Waals surface area contributed by atoms with Crippen molar-refractivity contribution < 1.29 is 83.9 Å². The third-order valence-corrected chi connectivity index (χ3v) is 6.89. The zero-order valence-electron chi connectivity index (χ0n) is 20.4. The topological polar surface area (TPSA) is 256 Å². The van der Waals surface area contributed by atoms with Gasteiger partial charge in [0.2, 0.25) is 0 Å². The molecule has 222 valence electrons. The van der Waals surface area contributed by atoms with E-state index < -0.39 is 105 Å². The van der Waals surface area contributed by atoms with E-state index in [-0.39, 0.29) is 19.8 Å². The predicted octanol–water partition coefficient (Wildman–Crippen LogP) is -6.54. The van der Waals surface area contributed by atoms with Crippen molar-refractivity contribution >= 4 is 0 Å². The number of methoxy groups -OCH3 is 1. The number of rotatable bonds is 7. The van der Waals surface area contributed by atoms with Crippen LogP contribution in [0.2, 0.25) is 0 Å². The van der Waals surface area contributed by atoms with E-state index in [1.807, 2.05) is 0 Å². The average molecular weight is 561 g/mol. The van der Waals surface area contributed by atoms with Gasteiger partial charge in [-0.05, 0) is 0 Å². The summed E-state index contributed by atoms with van der Waals surface area (Å²) in [6, 6.07) is 0. The molecular formula is C21H36O17. The van der Waals surface area contributed by atoms with Crippen LogP contribution >= 0.6 is 0 Å². The van der Waals surface area contributed by atoms with Crippen LogP contribution in [0.1, 0.15) is 0 Å². The number of aliphatic hydroxyl groups is 9. The van der Waals surface area contributed by atoms with Crippen molar-refractivity contribution in [2.24, 2.45) is 0 Å². The summed E-state index contributed by atoms with van der Waals surface area (Å²) < 4.78 is 43.3. The van der Waals surface area contributed by atoms with Gasteiger partial charge < -0.3 is 83.9 Å². The van der Waals surface area contributed by atoms with Gasteiger partial charge >= 0.3 is 0 Å². The normalized spacial score (nSPS) is 52.6. The summed E-state index contributed by atoms with van der Waals surface area (Å²) in [5.74, 6) is 0. The Morgan fingerprint density at radius 2 is 0.868 bits per heavy atom. The van der Waals surface area contributed by atoms with Crippen LogP contribution in [0.4, 0.5) is 0 Å². The van der Waals surface area contributed by atoms with Crippen molar-refractivity contribution in [3.63, 3.8) is 0 Å². The van der Waals surface area contributed by atoms with E-state index >= 15 is 0 Å². The molecule has 38 heavy (non-hydrogen) atoms. The molecule has 16 atom stereocenters. The third kappa shape index (κ3) is 6.29. The SMILES string of the molecule is CO[C@@H]1OC[C@@H](O[C@@H]2OC[C@@H](O[C@@H]3OC[C@@H](O)[C@H](O)[C@H]3O)[C@H](O[C@@H]3OC[C@@H](O)[C@H](O)[C@H]3O)[C@H]2O)[C@H](O)[C@H]1O. The van der Waals surface area contributed by atoms with Gasteiger partial charge in [-0.25, -0.2) is 0 Å². The van der Waals surface area contributed by atoms with Crippen LogP contribution in [0, 0.1) is 0 Å². The van der Waals surface area contributed by atoms with Crippen LogP contribution < -0.4 is 0 Å². The van der Waals surface area contributed by atoms with Crippen molar-refractivity contribution in [1.29, 1.82) is 0 Å². The molecule has 4 heterocycles. The molecule has 0 aromatic rings. The molecule has 9 N–H and O–H groups in total. The van der Waals surface area contributed by atoms with E-state index in [1.165, 1.54) is 7.11 Å². The maximum atomic E-state index is 11.1. The molecule has 0 unspecified atom stereocenters. The van der Waals surface area contributed by atoms with E-state index in [2.05, 4.69) is 0 Å². The molecular weight excluding hydrogens is 524 g/mol. The molecule has 4 saturated heterocycles. The first-order chi connectivity index (χ1) is 18.0. The maximum Gasteiger partial charge on any atom is 0.186 e. The van der Waals surface area contributed by atoms with Gasteiger partial charge in [-0.1, -0.05) is 0 Å². The maximum absolute atomic E-state index is 11.1. The number of aliphatic hydroxyl groups excluding tert-OH is 9. The zero-order valence-corrected chi connectivity index (χ0v) is 20.4. The van der Waals surface area contributed by atoms with E-state index in [4.69, 9.17) is 37.9 Å². The van der Waals surface area contributed by atoms with Gasteiger partial charge in [-0.3, -0.25) is 0 Å². The minimum atomic E-state index is -1.73. The molecule has 0 spiro atoms. The molecule has 4 fully saturated rings. The molecule has 0 saturated carbocycles. The highest BCUT2D eigenvalue weighted by atomic mass is 16.8. The summed E-state index contributed by atoms with van der Waals surface area (Å²) in [5, 5.41) is 91.6. The minimum absolute atomic E-state index is 0.231. The van der Waals surface area contributed by atoms with Gasteiger partial charge in [0.15, 0.2) is 25.2 Å². The zero-order chi connectivity index (χ0) is 27.7. The lowest BCUT2D eigenvalue weighted by Crippen LogP contribution is -2.64. The first-order valence-electron chi connectivity index (χ1n) is 12.1. The van der Waals surface area contributed by atoms with Gasteiger partial charge in [-0.2, -0.15) is 0 Å². The first kappa shape index (κ1) is 30.3. The molecule has 0 aliphatic carbocycles. The Balaban J connectivity index is 1.48. The van der Waals surface area contributed by atoms with Crippen molar-refractivity contribution in [3.05, 3.63) is 0 Å². The van der Waals surface area contributed by atoms with Crippen molar-refractivity contribution in [3.8, 4) is 0 Å². The molecule has 17 heteroatoms. The standard InChI is InChI=1S/C21H36O17/c1-31-18-15(29)12(26)8(4-34-18)36-21-16(30)17(38-20-14(28)11(25)7(23)3-33-20)9(5-35-21)37-19-13(27)10(24)6(22)2-32-19/h6-30H,2-5H2,1H3/t6-,7-,8-,9-,10+,11+,12+,13-,14-,15-,16-,17+,18-,19+,20+,21+/m1/s1. The Hall–Kier alpha value is -0.680. The summed E-state index contributed by atoms with van der Waals surface area (Å²) in [7, 11) is 1.28. The molecule has 0 aromatic heterocycles. The Bertz CT molecular complexity index is 747. The summed E-state index contributed by atoms with van der Waals surface area (Å²) in [6.45, 7) is -1.37. The van der Waals surface area contributed by atoms with Gasteiger partial charge in [0.05, 0.1) is 26.4 Å². The fourth-order valence-corrected chi connectivity index (χ4v) is 4.55. The summed E-state index contributed by atoms with van der Waals surface area (Å²) >= 11 is 0. The fraction of sp³-hybridized carbons (Fsp3) is 1.00. The lowest BCUT2D eigenvalue weighted by molar-refractivity contribution is -0.371. The molecule has 0 amide bonds. The fourth-order valence-electron chi connectivity index (χ4n) is 4.55. The van der Waals surface area contributed by atoms with Crippen LogP contribution in [0.3, 0.4) is 0 Å². The lowest BCUT2D eigenvalue weighted by Gasteiger charge is -2.46. The molecule has 17 nitrogen and oxygen atoms in total. The largest absolute Gasteiger partial charge is 0.388 e. The molecule has 4 rings (SSSR count). The number of ether oxygens (including phenoxy) is 8. The molecule has 4 aliphatic heterocycles. The predicted molar refractivity (Wildman–Crippen MR) is 115 cm³/mol. The van der Waals surface area contributed by atoms with Gasteiger partial charge in [0, 0.05) is 7.11 Å². The Labute approximate surface area is 216 Å². The van der Waals surface area contributed by atoms with Gasteiger partial charge in [0.25, 0.3) is 0 Å². The Morgan fingerprint density at radius 1 is 0.447 bits per heavy atom. The molecule has 0 bridgehead atoms. The van der Waals surface area contributed by atoms with Crippen molar-refractivity contribution in [2.45, 2.75) is 98.4 Å². The number of hydrogen-bond acceptors (Lipinski definition) is 17. The highest BCUT2D eigenvalue weighted by Gasteiger charge is 2.51. The second kappa shape index (κ2) is 12.9. The highest BCUT2D eigenvalue weighted by molar-refractivity contribution is 4.92. The van der Waals surface area contributed by atoms with Crippen LogP contribution in [0.5, 0.6) is 0 Å². The quantitative estimate of drug-likeness (QED) is 0.140. The summed E-state index contributed by atoms with van der Waals surface area (Å²) in [5.41, 5.74) is 0. The van der Waals surface area contributed by atoms with Crippen molar-refractivity contribution in [2.75, 3.05) is 33.5 Å². The van der Waals surface area contributed by atoms with Gasteiger partial charge in [0.1, 0.15) is 73.2 Å². The van der Waals surface area contributed by atoms with E-state index in [9.17, 15) is 46.0 Å². The lowest BCUT2D eigenvalue weighted by atomic mass is 10.0. The van der Waals surface area contributed by atoms with E-state index in [1.54, 1.807) is 0 Å². The Morgan fingerprint density at radius 3 is 1.45 bits per heavy atom. The summed E-state index contributed by atoms with van der Waals surface area (Å²) in [6.07, 6.45) is -23.5. The van der Waals surface area contributed by atoms with Crippen LogP contribution in [-0.2, 0) is 37.9 Å². The average Bonchev–Trinajstić information content (AvgIpc) is 2.90. The summed E-state index contributed by atoms with van der Waals surface area (Å²) in [4.78, 5) is 0. The second-order valence-electron chi connectivity index (χ2n) is 9.56. The van der Waals surface area contributed by atoms with Crippen LogP contribution in [-0.4, -0.2) is 178 Å². The monoisotopic (exact) mass is 560 g/mol. The van der Waals surface area contributed by atoms with Crippen LogP contribution in [0.15, 0.2) is 0 Å². The first-order valence-corrected chi connectivity index (χ1v) is 12.1. The Kier molecular flexibility index (Phi) is 10.3. The van der Waals surface area contributed by atoms with Crippen molar-refractivity contribution in [1.82, 2.24) is 0 Å². The van der Waals surface area contributed by atoms with E-state index in [0.717, 1.165) is 0 Å². The van der Waals surface area contributed by atoms with Crippen LogP contribution in [0.25, 0.3) is 0 Å². The van der Waals surface area contributed by atoms with E-state index in [0.29, 0.717) is 0 Å². The third-order valence-electron chi connectivity index (χ3n) is 6.89. The highest BCUT2D eigenvalue weighted by Crippen LogP contribution is 2.30. The molecule has 0 radical (unpaired) electrons. The molecule has 4 aliphatic rings.